The second-order valence-electron chi connectivity index (χ2n) is 4.53. The van der Waals surface area contributed by atoms with Gasteiger partial charge in [0.2, 0.25) is 5.91 Å². The summed E-state index contributed by atoms with van der Waals surface area (Å²) in [7, 11) is 0. The number of aromatic nitrogens is 1. The summed E-state index contributed by atoms with van der Waals surface area (Å²) in [5.74, 6) is -0.671. The molecule has 4 nitrogen and oxygen atoms in total. The molecule has 1 amide bonds. The summed E-state index contributed by atoms with van der Waals surface area (Å²) < 4.78 is 39.4. The standard InChI is InChI=1S/C14H9BrClF3N2O2/c15-8-3-4-11(10(16)6-8)20-12(22)7-21-5-1-2-9(13(21)23)14(17,18)19/h1-6H,7H2,(H,20,22). The van der Waals surface area contributed by atoms with E-state index in [0.717, 1.165) is 12.3 Å². The van der Waals surface area contributed by atoms with Crippen molar-refractivity contribution in [3.05, 3.63) is 61.9 Å². The van der Waals surface area contributed by atoms with Gasteiger partial charge in [-0.2, -0.15) is 13.2 Å². The van der Waals surface area contributed by atoms with Gasteiger partial charge in [-0.25, -0.2) is 0 Å². The van der Waals surface area contributed by atoms with Crippen LogP contribution in [0.15, 0.2) is 45.8 Å². The Hall–Kier alpha value is -1.80. The lowest BCUT2D eigenvalue weighted by Gasteiger charge is -2.11. The maximum atomic E-state index is 12.7. The van der Waals surface area contributed by atoms with E-state index < -0.39 is 29.8 Å². The number of carbonyl (C=O) groups excluding carboxylic acids is 1. The zero-order valence-electron chi connectivity index (χ0n) is 11.3. The van der Waals surface area contributed by atoms with Crippen LogP contribution in [0.5, 0.6) is 0 Å². The molecule has 0 aliphatic heterocycles. The fourth-order valence-corrected chi connectivity index (χ4v) is 2.53. The molecule has 1 N–H and O–H groups in total. The molecule has 0 radical (unpaired) electrons. The van der Waals surface area contributed by atoms with Crippen LogP contribution in [-0.4, -0.2) is 10.5 Å². The predicted molar refractivity (Wildman–Crippen MR) is 83.5 cm³/mol. The van der Waals surface area contributed by atoms with Gasteiger partial charge in [0, 0.05) is 10.7 Å². The second-order valence-corrected chi connectivity index (χ2v) is 5.85. The molecule has 0 bridgehead atoms. The van der Waals surface area contributed by atoms with Crippen LogP contribution < -0.4 is 10.9 Å². The van der Waals surface area contributed by atoms with Crippen molar-refractivity contribution in [2.45, 2.75) is 12.7 Å². The van der Waals surface area contributed by atoms with E-state index in [1.54, 1.807) is 12.1 Å². The molecular weight excluding hydrogens is 401 g/mol. The average molecular weight is 410 g/mol. The lowest BCUT2D eigenvalue weighted by atomic mass is 10.2. The molecule has 2 rings (SSSR count). The number of hydrogen-bond donors (Lipinski definition) is 1. The summed E-state index contributed by atoms with van der Waals surface area (Å²) in [6.45, 7) is -0.560. The number of benzene rings is 1. The number of carbonyl (C=O) groups is 1. The Labute approximate surface area is 142 Å². The molecule has 0 spiro atoms. The molecule has 1 heterocycles. The first-order chi connectivity index (χ1) is 10.7. The van der Waals surface area contributed by atoms with Crippen molar-refractivity contribution < 1.29 is 18.0 Å². The molecule has 9 heteroatoms. The van der Waals surface area contributed by atoms with Crippen LogP contribution in [0.2, 0.25) is 5.02 Å². The Kier molecular flexibility index (Phi) is 5.16. The summed E-state index contributed by atoms with van der Waals surface area (Å²) >= 11 is 9.13. The number of hydrogen-bond acceptors (Lipinski definition) is 2. The number of amides is 1. The maximum Gasteiger partial charge on any atom is 0.421 e. The number of anilines is 1. The van der Waals surface area contributed by atoms with Gasteiger partial charge in [0.05, 0.1) is 10.7 Å². The smallest absolute Gasteiger partial charge is 0.323 e. The Bertz CT molecular complexity index is 805. The van der Waals surface area contributed by atoms with E-state index in [4.69, 9.17) is 11.6 Å². The topological polar surface area (TPSA) is 51.1 Å². The van der Waals surface area contributed by atoms with Crippen molar-refractivity contribution in [3.8, 4) is 0 Å². The highest BCUT2D eigenvalue weighted by molar-refractivity contribution is 9.10. The molecule has 0 unspecified atom stereocenters. The summed E-state index contributed by atoms with van der Waals surface area (Å²) in [6.07, 6.45) is -3.66. The zero-order valence-corrected chi connectivity index (χ0v) is 13.7. The van der Waals surface area contributed by atoms with Crippen molar-refractivity contribution in [1.29, 1.82) is 0 Å². The molecule has 0 atom stereocenters. The number of pyridine rings is 1. The molecule has 1 aromatic heterocycles. The van der Waals surface area contributed by atoms with Crippen molar-refractivity contribution in [3.63, 3.8) is 0 Å². The van der Waals surface area contributed by atoms with Gasteiger partial charge in [0.25, 0.3) is 5.56 Å². The number of nitrogens with zero attached hydrogens (tertiary/aromatic N) is 1. The third-order valence-electron chi connectivity index (χ3n) is 2.84. The summed E-state index contributed by atoms with van der Waals surface area (Å²) in [5.41, 5.74) is -2.31. The van der Waals surface area contributed by atoms with Gasteiger partial charge in [-0.05, 0) is 30.3 Å². The van der Waals surface area contributed by atoms with E-state index in [9.17, 15) is 22.8 Å². The maximum absolute atomic E-state index is 12.7. The van der Waals surface area contributed by atoms with Gasteiger partial charge in [0.1, 0.15) is 12.1 Å². The average Bonchev–Trinajstić information content (AvgIpc) is 2.43. The molecule has 2 aromatic rings. The van der Waals surface area contributed by atoms with Gasteiger partial charge >= 0.3 is 6.18 Å². The minimum absolute atomic E-state index is 0.254. The van der Waals surface area contributed by atoms with Gasteiger partial charge in [0.15, 0.2) is 0 Å². The third kappa shape index (κ3) is 4.35. The highest BCUT2D eigenvalue weighted by atomic mass is 79.9. The van der Waals surface area contributed by atoms with Gasteiger partial charge in [-0.1, -0.05) is 27.5 Å². The van der Waals surface area contributed by atoms with E-state index >= 15 is 0 Å². The molecule has 0 fully saturated rings. The monoisotopic (exact) mass is 408 g/mol. The number of nitrogens with one attached hydrogen (secondary N) is 1. The van der Waals surface area contributed by atoms with E-state index in [2.05, 4.69) is 21.2 Å². The highest BCUT2D eigenvalue weighted by Crippen LogP contribution is 2.26. The van der Waals surface area contributed by atoms with E-state index in [0.29, 0.717) is 20.8 Å². The third-order valence-corrected chi connectivity index (χ3v) is 3.65. The van der Waals surface area contributed by atoms with Crippen LogP contribution in [0, 0.1) is 0 Å². The molecule has 0 saturated carbocycles. The van der Waals surface area contributed by atoms with Gasteiger partial charge in [-0.3, -0.25) is 9.59 Å². The van der Waals surface area contributed by atoms with Gasteiger partial charge < -0.3 is 9.88 Å². The van der Waals surface area contributed by atoms with Crippen molar-refractivity contribution >= 4 is 39.1 Å². The van der Waals surface area contributed by atoms with Crippen LogP contribution in [0.25, 0.3) is 0 Å². The minimum Gasteiger partial charge on any atom is -0.323 e. The lowest BCUT2D eigenvalue weighted by Crippen LogP contribution is -2.32. The minimum atomic E-state index is -4.77. The van der Waals surface area contributed by atoms with Crippen molar-refractivity contribution in [2.24, 2.45) is 0 Å². The van der Waals surface area contributed by atoms with E-state index in [1.807, 2.05) is 0 Å². The SMILES string of the molecule is O=C(Cn1cccc(C(F)(F)F)c1=O)Nc1ccc(Br)cc1Cl. The number of alkyl halides is 3. The Morgan fingerprint density at radius 3 is 2.61 bits per heavy atom. The summed E-state index contributed by atoms with van der Waals surface area (Å²) in [4.78, 5) is 23.7. The summed E-state index contributed by atoms with van der Waals surface area (Å²) in [5, 5.41) is 2.69. The normalized spacial score (nSPS) is 11.3. The first-order valence-electron chi connectivity index (χ1n) is 6.20. The number of rotatable bonds is 3. The fourth-order valence-electron chi connectivity index (χ4n) is 1.81. The second kappa shape index (κ2) is 6.76. The molecule has 0 aliphatic carbocycles. The van der Waals surface area contributed by atoms with Crippen molar-refractivity contribution in [2.75, 3.05) is 5.32 Å². The van der Waals surface area contributed by atoms with Gasteiger partial charge in [-0.15, -0.1) is 0 Å². The Morgan fingerprint density at radius 2 is 2.00 bits per heavy atom. The van der Waals surface area contributed by atoms with E-state index in [-0.39, 0.29) is 5.02 Å². The Balaban J connectivity index is 2.20. The molecule has 23 heavy (non-hydrogen) atoms. The predicted octanol–water partition coefficient (Wildman–Crippen LogP) is 3.92. The Morgan fingerprint density at radius 1 is 1.30 bits per heavy atom. The van der Waals surface area contributed by atoms with Crippen molar-refractivity contribution in [1.82, 2.24) is 4.57 Å². The first kappa shape index (κ1) is 17.6. The van der Waals surface area contributed by atoms with Crippen LogP contribution in [0.3, 0.4) is 0 Å². The van der Waals surface area contributed by atoms with Crippen LogP contribution in [0.4, 0.5) is 18.9 Å². The highest BCUT2D eigenvalue weighted by Gasteiger charge is 2.34. The largest absolute Gasteiger partial charge is 0.421 e. The number of halogens is 5. The zero-order chi connectivity index (χ0) is 17.2. The molecular formula is C14H9BrClF3N2O2. The van der Waals surface area contributed by atoms with E-state index in [1.165, 1.54) is 6.07 Å². The summed E-state index contributed by atoms with van der Waals surface area (Å²) in [6, 6.07) is 6.44. The lowest BCUT2D eigenvalue weighted by molar-refractivity contribution is -0.139. The molecule has 122 valence electrons. The molecule has 0 aliphatic rings. The first-order valence-corrected chi connectivity index (χ1v) is 7.37. The van der Waals surface area contributed by atoms with Crippen LogP contribution in [0.1, 0.15) is 5.56 Å². The molecule has 1 aromatic carbocycles. The fraction of sp³-hybridized carbons (Fsp3) is 0.143. The quantitative estimate of drug-likeness (QED) is 0.835. The van der Waals surface area contributed by atoms with Crippen LogP contribution >= 0.6 is 27.5 Å². The molecule has 0 saturated heterocycles. The van der Waals surface area contributed by atoms with Crippen LogP contribution in [-0.2, 0) is 17.5 Å².